The summed E-state index contributed by atoms with van der Waals surface area (Å²) in [5, 5.41) is 4.51. The topological polar surface area (TPSA) is 109 Å². The molecule has 2 aliphatic rings. The Balaban J connectivity index is 1.64. The number of carbonyl (C=O) groups is 3. The van der Waals surface area contributed by atoms with Gasteiger partial charge in [0.15, 0.2) is 16.6 Å². The van der Waals surface area contributed by atoms with Gasteiger partial charge in [-0.2, -0.15) is 0 Å². The van der Waals surface area contributed by atoms with E-state index in [0.717, 1.165) is 27.6 Å². The molecular formula is C49H73BrN4O6Si2. The molecule has 3 aromatic carbocycles. The molecule has 10 nitrogen and oxygen atoms in total. The third kappa shape index (κ3) is 11.3. The number of benzene rings is 3. The van der Waals surface area contributed by atoms with Crippen molar-refractivity contribution in [1.29, 1.82) is 0 Å². The third-order valence-corrected chi connectivity index (χ3v) is 23.5. The van der Waals surface area contributed by atoms with Crippen LogP contribution in [0.5, 0.6) is 0 Å². The molecule has 0 unspecified atom stereocenters. The van der Waals surface area contributed by atoms with Crippen LogP contribution in [0.25, 0.3) is 0 Å². The molecule has 13 heteroatoms. The Morgan fingerprint density at radius 2 is 1.42 bits per heavy atom. The van der Waals surface area contributed by atoms with Crippen LogP contribution >= 0.6 is 15.9 Å². The standard InChI is InChI=1S/C49H73BrN4O6Si2/c1-46(2,3)42(51-45(57)58-10)43(55)52-53(32-35-24-26-37(50)27-25-35)29-28-49(31-34-20-16-15-17-21-34)40(60-62(13,14)48(7,8)9)33-54(44(49)56)41-38-23-19-18-22-36(38)30-39(41)59-61(11,12)47(4,5)6/h15-27,39-42H,28-33H2,1-14H3,(H,51,57)(H,52,55)/t39-,40+,41+,42-,49+/m1/s1. The molecule has 0 spiro atoms. The van der Waals surface area contributed by atoms with Crippen LogP contribution in [0, 0.1) is 10.8 Å². The number of halogens is 1. The first-order chi connectivity index (χ1) is 28.7. The Bertz CT molecular complexity index is 2030. The Morgan fingerprint density at radius 3 is 2.00 bits per heavy atom. The average Bonchev–Trinajstić information content (AvgIpc) is 3.64. The first kappa shape index (κ1) is 49.7. The van der Waals surface area contributed by atoms with Gasteiger partial charge in [0.05, 0.1) is 30.8 Å². The second-order valence-electron chi connectivity index (χ2n) is 21.6. The van der Waals surface area contributed by atoms with E-state index in [9.17, 15) is 9.59 Å². The Morgan fingerprint density at radius 1 is 0.839 bits per heavy atom. The average molecular weight is 950 g/mol. The monoisotopic (exact) mass is 948 g/mol. The van der Waals surface area contributed by atoms with Crippen molar-refractivity contribution in [3.05, 3.63) is 106 Å². The second-order valence-corrected chi connectivity index (χ2v) is 32.0. The number of nitrogens with one attached hydrogen (secondary N) is 2. The van der Waals surface area contributed by atoms with E-state index in [1.165, 1.54) is 12.7 Å². The summed E-state index contributed by atoms with van der Waals surface area (Å²) >= 11 is 3.57. The van der Waals surface area contributed by atoms with Gasteiger partial charge in [0.2, 0.25) is 5.91 Å². The Hall–Kier alpha value is -3.34. The summed E-state index contributed by atoms with van der Waals surface area (Å²) < 4.78 is 20.7. The van der Waals surface area contributed by atoms with E-state index in [1.54, 1.807) is 0 Å². The minimum absolute atomic E-state index is 0.0204. The number of methoxy groups -OCH3 is 1. The molecule has 0 radical (unpaired) electrons. The van der Waals surface area contributed by atoms with Gasteiger partial charge < -0.3 is 23.8 Å². The van der Waals surface area contributed by atoms with E-state index in [4.69, 9.17) is 13.6 Å². The lowest BCUT2D eigenvalue weighted by molar-refractivity contribution is -0.142. The summed E-state index contributed by atoms with van der Waals surface area (Å²) in [6, 6.07) is 25.6. The number of alkyl carbamates (subject to hydrolysis) is 1. The molecule has 1 saturated heterocycles. The zero-order valence-electron chi connectivity index (χ0n) is 39.8. The zero-order valence-corrected chi connectivity index (χ0v) is 43.4. The van der Waals surface area contributed by atoms with E-state index in [1.807, 2.05) is 68.2 Å². The number of amides is 3. The number of hydrazine groups is 1. The van der Waals surface area contributed by atoms with Crippen LogP contribution in [0.3, 0.4) is 0 Å². The van der Waals surface area contributed by atoms with Crippen LogP contribution in [0.2, 0.25) is 36.3 Å². The number of ether oxygens (including phenoxy) is 1. The molecule has 5 rings (SSSR count). The molecule has 0 bridgehead atoms. The van der Waals surface area contributed by atoms with E-state index >= 15 is 4.79 Å². The highest BCUT2D eigenvalue weighted by molar-refractivity contribution is 9.10. The van der Waals surface area contributed by atoms with Crippen LogP contribution in [0.4, 0.5) is 4.79 Å². The summed E-state index contributed by atoms with van der Waals surface area (Å²) in [5.74, 6) is -0.329. The highest BCUT2D eigenvalue weighted by Gasteiger charge is 2.60. The van der Waals surface area contributed by atoms with Crippen molar-refractivity contribution in [3.63, 3.8) is 0 Å². The summed E-state index contributed by atoms with van der Waals surface area (Å²) in [6.07, 6.45) is 0.235. The number of carbonyl (C=O) groups excluding carboxylic acids is 3. The van der Waals surface area contributed by atoms with Gasteiger partial charge in [0, 0.05) is 30.5 Å². The summed E-state index contributed by atoms with van der Waals surface area (Å²) in [6.45, 7) is 29.4. The Kier molecular flexibility index (Phi) is 15.2. The lowest BCUT2D eigenvalue weighted by atomic mass is 9.75. The number of nitrogens with zero attached hydrogens (tertiary/aromatic N) is 2. The molecule has 1 aliphatic carbocycles. The molecule has 3 aromatic rings. The number of rotatable bonds is 15. The van der Waals surface area contributed by atoms with Gasteiger partial charge in [-0.15, -0.1) is 0 Å². The lowest BCUT2D eigenvalue weighted by Gasteiger charge is -2.43. The maximum Gasteiger partial charge on any atom is 0.407 e. The third-order valence-electron chi connectivity index (χ3n) is 14.0. The number of fused-ring (bicyclic) bond motifs is 1. The fourth-order valence-electron chi connectivity index (χ4n) is 8.25. The van der Waals surface area contributed by atoms with Gasteiger partial charge in [-0.25, -0.2) is 9.80 Å². The lowest BCUT2D eigenvalue weighted by Crippen LogP contribution is -2.58. The maximum absolute atomic E-state index is 16.2. The predicted molar refractivity (Wildman–Crippen MR) is 257 cm³/mol. The molecule has 0 saturated carbocycles. The van der Waals surface area contributed by atoms with Crippen LogP contribution in [0.15, 0.2) is 83.3 Å². The molecule has 3 amide bonds. The summed E-state index contributed by atoms with van der Waals surface area (Å²) in [4.78, 5) is 45.1. The molecule has 2 N–H and O–H groups in total. The largest absolute Gasteiger partial charge is 0.453 e. The van der Waals surface area contributed by atoms with Crippen molar-refractivity contribution in [3.8, 4) is 0 Å². The molecule has 340 valence electrons. The van der Waals surface area contributed by atoms with Gasteiger partial charge in [-0.3, -0.25) is 15.0 Å². The van der Waals surface area contributed by atoms with Crippen molar-refractivity contribution < 1.29 is 28.0 Å². The molecule has 1 aliphatic heterocycles. The molecule has 62 heavy (non-hydrogen) atoms. The van der Waals surface area contributed by atoms with Crippen molar-refractivity contribution in [2.45, 2.75) is 149 Å². The van der Waals surface area contributed by atoms with Crippen LogP contribution < -0.4 is 10.7 Å². The Labute approximate surface area is 382 Å². The first-order valence-electron chi connectivity index (χ1n) is 22.1. The van der Waals surface area contributed by atoms with Crippen molar-refractivity contribution in [1.82, 2.24) is 20.7 Å². The van der Waals surface area contributed by atoms with E-state index in [0.29, 0.717) is 32.5 Å². The highest BCUT2D eigenvalue weighted by atomic mass is 79.9. The fraction of sp³-hybridized carbons (Fsp3) is 0.571. The number of hydrogen-bond donors (Lipinski definition) is 2. The maximum atomic E-state index is 16.2. The predicted octanol–water partition coefficient (Wildman–Crippen LogP) is 10.6. The smallest absolute Gasteiger partial charge is 0.407 e. The van der Waals surface area contributed by atoms with Gasteiger partial charge >= 0.3 is 6.09 Å². The SMILES string of the molecule is COC(=O)N[C@H](C(=O)NN(CC[C@@]1(Cc2ccccc2)C(=O)N([C@H]2c3ccccc3C[C@H]2O[Si](C)(C)C(C)(C)C)C[C@@H]1O[Si](C)(C)C(C)(C)C)Cc1ccc(Br)cc1)C(C)(C)C. The van der Waals surface area contributed by atoms with Crippen LogP contribution in [-0.4, -0.2) is 82.9 Å². The van der Waals surface area contributed by atoms with Crippen molar-refractivity contribution in [2.24, 2.45) is 10.8 Å². The van der Waals surface area contributed by atoms with Gasteiger partial charge in [-0.1, -0.05) is 145 Å². The van der Waals surface area contributed by atoms with Crippen LogP contribution in [-0.2, 0) is 42.6 Å². The molecule has 0 aromatic heterocycles. The first-order valence-corrected chi connectivity index (χ1v) is 28.7. The molecule has 5 atom stereocenters. The number of likely N-dealkylation sites (tertiary alicyclic amines) is 1. The minimum atomic E-state index is -2.47. The van der Waals surface area contributed by atoms with Gasteiger partial charge in [-0.05, 0) is 88.9 Å². The van der Waals surface area contributed by atoms with Crippen molar-refractivity contribution in [2.75, 3.05) is 20.2 Å². The highest BCUT2D eigenvalue weighted by Crippen LogP contribution is 2.51. The zero-order chi connectivity index (χ0) is 46.1. The van der Waals surface area contributed by atoms with E-state index in [-0.39, 0.29) is 34.0 Å². The minimum Gasteiger partial charge on any atom is -0.453 e. The van der Waals surface area contributed by atoms with Gasteiger partial charge in [0.1, 0.15) is 6.04 Å². The quantitative estimate of drug-likeness (QED) is 0.115. The van der Waals surface area contributed by atoms with E-state index < -0.39 is 45.7 Å². The number of hydrogen-bond acceptors (Lipinski definition) is 7. The summed E-state index contributed by atoms with van der Waals surface area (Å²) in [7, 11) is -3.46. The molecule has 1 fully saturated rings. The molecular weight excluding hydrogens is 877 g/mol. The normalized spacial score (nSPS) is 21.5. The van der Waals surface area contributed by atoms with E-state index in [2.05, 4.69) is 136 Å². The summed E-state index contributed by atoms with van der Waals surface area (Å²) in [5.41, 5.74) is 5.92. The van der Waals surface area contributed by atoms with Crippen LogP contribution in [0.1, 0.15) is 97.0 Å². The van der Waals surface area contributed by atoms with Crippen molar-refractivity contribution >= 4 is 50.5 Å². The molecule has 1 heterocycles. The second kappa shape index (κ2) is 19.0. The fourth-order valence-corrected chi connectivity index (χ4v) is 11.2. The van der Waals surface area contributed by atoms with Gasteiger partial charge in [0.25, 0.3) is 5.91 Å².